The summed E-state index contributed by atoms with van der Waals surface area (Å²) in [6.07, 6.45) is 6.52. The van der Waals surface area contributed by atoms with E-state index >= 15 is 0 Å². The van der Waals surface area contributed by atoms with Gasteiger partial charge in [0.05, 0.1) is 19.0 Å². The van der Waals surface area contributed by atoms with Gasteiger partial charge in [0.25, 0.3) is 0 Å². The third kappa shape index (κ3) is 2.53. The van der Waals surface area contributed by atoms with Gasteiger partial charge in [0.1, 0.15) is 0 Å². The van der Waals surface area contributed by atoms with Crippen LogP contribution in [0.5, 0.6) is 0 Å². The number of morpholine rings is 1. The van der Waals surface area contributed by atoms with Crippen molar-refractivity contribution >= 4 is 5.97 Å². The molecule has 2 heterocycles. The van der Waals surface area contributed by atoms with Crippen LogP contribution in [0, 0.1) is 0 Å². The molecule has 104 valence electrons. The van der Waals surface area contributed by atoms with Crippen molar-refractivity contribution in [3.63, 3.8) is 0 Å². The molecule has 0 radical (unpaired) electrons. The molecule has 0 amide bonds. The fraction of sp³-hybridized carbons (Fsp3) is 0.643. The molecular formula is C14H19NO4. The van der Waals surface area contributed by atoms with Crippen molar-refractivity contribution in [3.8, 4) is 0 Å². The quantitative estimate of drug-likeness (QED) is 0.907. The minimum absolute atomic E-state index is 0.0684. The molecule has 1 aromatic rings. The predicted molar refractivity (Wildman–Crippen MR) is 68.1 cm³/mol. The molecule has 0 spiro atoms. The lowest BCUT2D eigenvalue weighted by Gasteiger charge is -2.43. The van der Waals surface area contributed by atoms with Gasteiger partial charge in [-0.2, -0.15) is 0 Å². The third-order valence-electron chi connectivity index (χ3n) is 4.16. The largest absolute Gasteiger partial charge is 0.475 e. The maximum Gasteiger partial charge on any atom is 0.372 e. The van der Waals surface area contributed by atoms with E-state index in [-0.39, 0.29) is 5.76 Å². The Balaban J connectivity index is 1.74. The first-order chi connectivity index (χ1) is 9.25. The van der Waals surface area contributed by atoms with Crippen LogP contribution in [-0.4, -0.2) is 41.3 Å². The summed E-state index contributed by atoms with van der Waals surface area (Å²) in [6, 6.07) is 2.19. The van der Waals surface area contributed by atoms with E-state index in [1.165, 1.54) is 19.1 Å². The van der Waals surface area contributed by atoms with Gasteiger partial charge in [0, 0.05) is 24.7 Å². The molecule has 1 saturated carbocycles. The standard InChI is InChI=1S/C14H19NO4/c16-14(17)13-10(5-7-19-13)9-15-6-8-18-12-4-2-1-3-11(12)15/h5,7,11-12H,1-4,6,8-9H2,(H,16,17). The van der Waals surface area contributed by atoms with Crippen LogP contribution in [0.15, 0.2) is 16.7 Å². The average Bonchev–Trinajstić information content (AvgIpc) is 2.87. The van der Waals surface area contributed by atoms with Gasteiger partial charge in [-0.05, 0) is 18.9 Å². The highest BCUT2D eigenvalue weighted by Crippen LogP contribution is 2.30. The lowest BCUT2D eigenvalue weighted by atomic mass is 9.90. The van der Waals surface area contributed by atoms with Gasteiger partial charge < -0.3 is 14.3 Å². The van der Waals surface area contributed by atoms with Crippen molar-refractivity contribution in [3.05, 3.63) is 23.7 Å². The molecule has 0 bridgehead atoms. The Morgan fingerprint density at radius 1 is 1.42 bits per heavy atom. The second-order valence-electron chi connectivity index (χ2n) is 5.31. The predicted octanol–water partition coefficient (Wildman–Crippen LogP) is 2.12. The summed E-state index contributed by atoms with van der Waals surface area (Å²) < 4.78 is 10.9. The molecule has 3 rings (SSSR count). The average molecular weight is 265 g/mol. The van der Waals surface area contributed by atoms with Crippen LogP contribution in [0.3, 0.4) is 0 Å². The Labute approximate surface area is 112 Å². The molecule has 1 saturated heterocycles. The summed E-state index contributed by atoms with van der Waals surface area (Å²) in [6.45, 7) is 2.25. The lowest BCUT2D eigenvalue weighted by Crippen LogP contribution is -2.52. The molecule has 1 aromatic heterocycles. The number of nitrogens with zero attached hydrogens (tertiary/aromatic N) is 1. The van der Waals surface area contributed by atoms with Gasteiger partial charge in [0.2, 0.25) is 5.76 Å². The first-order valence-corrected chi connectivity index (χ1v) is 6.91. The van der Waals surface area contributed by atoms with Crippen molar-refractivity contribution in [2.24, 2.45) is 0 Å². The van der Waals surface area contributed by atoms with E-state index in [0.29, 0.717) is 18.7 Å². The zero-order chi connectivity index (χ0) is 13.2. The third-order valence-corrected chi connectivity index (χ3v) is 4.16. The fourth-order valence-electron chi connectivity index (χ4n) is 3.24. The zero-order valence-electron chi connectivity index (χ0n) is 10.9. The Hall–Kier alpha value is -1.33. The van der Waals surface area contributed by atoms with Crippen molar-refractivity contribution < 1.29 is 19.1 Å². The molecular weight excluding hydrogens is 246 g/mol. The Morgan fingerprint density at radius 2 is 2.26 bits per heavy atom. The molecule has 1 aliphatic heterocycles. The molecule has 1 aliphatic carbocycles. The number of carboxylic acid groups (broad SMARTS) is 1. The van der Waals surface area contributed by atoms with Gasteiger partial charge in [-0.1, -0.05) is 12.8 Å². The van der Waals surface area contributed by atoms with Crippen LogP contribution in [-0.2, 0) is 11.3 Å². The summed E-state index contributed by atoms with van der Waals surface area (Å²) in [5.41, 5.74) is 0.763. The van der Waals surface area contributed by atoms with Gasteiger partial charge in [-0.3, -0.25) is 4.90 Å². The van der Waals surface area contributed by atoms with Crippen LogP contribution in [0.1, 0.15) is 41.8 Å². The van der Waals surface area contributed by atoms with Gasteiger partial charge in [-0.25, -0.2) is 4.79 Å². The number of carboxylic acids is 1. The van der Waals surface area contributed by atoms with Crippen LogP contribution in [0.4, 0.5) is 0 Å². The van der Waals surface area contributed by atoms with E-state index in [1.54, 1.807) is 6.07 Å². The molecule has 1 N–H and O–H groups in total. The zero-order valence-corrected chi connectivity index (χ0v) is 10.9. The molecule has 2 unspecified atom stereocenters. The molecule has 0 aromatic carbocycles. The van der Waals surface area contributed by atoms with Crippen LogP contribution in [0.2, 0.25) is 0 Å². The SMILES string of the molecule is O=C(O)c1occc1CN1CCOC2CCCCC21. The van der Waals surface area contributed by atoms with E-state index in [1.807, 2.05) is 0 Å². The van der Waals surface area contributed by atoms with Crippen molar-refractivity contribution in [1.82, 2.24) is 4.90 Å². The Bertz CT molecular complexity index is 454. The minimum atomic E-state index is -0.992. The summed E-state index contributed by atoms with van der Waals surface area (Å²) in [7, 11) is 0. The Kier molecular flexibility index (Phi) is 3.57. The molecule has 2 fully saturated rings. The number of carbonyl (C=O) groups is 1. The number of fused-ring (bicyclic) bond motifs is 1. The number of hydrogen-bond donors (Lipinski definition) is 1. The Morgan fingerprint density at radius 3 is 3.11 bits per heavy atom. The highest BCUT2D eigenvalue weighted by atomic mass is 16.5. The van der Waals surface area contributed by atoms with E-state index in [0.717, 1.165) is 31.6 Å². The highest BCUT2D eigenvalue weighted by molar-refractivity contribution is 5.86. The number of furan rings is 1. The molecule has 5 nitrogen and oxygen atoms in total. The minimum Gasteiger partial charge on any atom is -0.475 e. The summed E-state index contributed by atoms with van der Waals surface area (Å²) >= 11 is 0. The molecule has 2 atom stereocenters. The maximum absolute atomic E-state index is 11.1. The number of rotatable bonds is 3. The van der Waals surface area contributed by atoms with E-state index in [4.69, 9.17) is 14.3 Å². The number of ether oxygens (including phenoxy) is 1. The highest BCUT2D eigenvalue weighted by Gasteiger charge is 2.34. The smallest absolute Gasteiger partial charge is 0.372 e. The molecule has 5 heteroatoms. The van der Waals surface area contributed by atoms with Crippen molar-refractivity contribution in [2.75, 3.05) is 13.2 Å². The van der Waals surface area contributed by atoms with Crippen LogP contribution in [0.25, 0.3) is 0 Å². The second-order valence-corrected chi connectivity index (χ2v) is 5.31. The van der Waals surface area contributed by atoms with Gasteiger partial charge in [-0.15, -0.1) is 0 Å². The molecule has 19 heavy (non-hydrogen) atoms. The fourth-order valence-corrected chi connectivity index (χ4v) is 3.24. The maximum atomic E-state index is 11.1. The number of aromatic carboxylic acids is 1. The topological polar surface area (TPSA) is 62.9 Å². The van der Waals surface area contributed by atoms with Crippen LogP contribution < -0.4 is 0 Å². The van der Waals surface area contributed by atoms with E-state index < -0.39 is 5.97 Å². The summed E-state index contributed by atoms with van der Waals surface area (Å²) in [5.74, 6) is -0.924. The first-order valence-electron chi connectivity index (χ1n) is 6.91. The lowest BCUT2D eigenvalue weighted by molar-refractivity contribution is -0.0912. The number of hydrogen-bond acceptors (Lipinski definition) is 4. The second kappa shape index (κ2) is 5.35. The van der Waals surface area contributed by atoms with Crippen molar-refractivity contribution in [2.45, 2.75) is 44.4 Å². The first kappa shape index (κ1) is 12.7. The summed E-state index contributed by atoms with van der Waals surface area (Å²) in [4.78, 5) is 13.4. The van der Waals surface area contributed by atoms with Crippen LogP contribution >= 0.6 is 0 Å². The van der Waals surface area contributed by atoms with Gasteiger partial charge >= 0.3 is 5.97 Å². The normalized spacial score (nSPS) is 28.0. The van der Waals surface area contributed by atoms with Crippen molar-refractivity contribution in [1.29, 1.82) is 0 Å². The summed E-state index contributed by atoms with van der Waals surface area (Å²) in [5, 5.41) is 9.08. The van der Waals surface area contributed by atoms with E-state index in [9.17, 15) is 4.79 Å². The monoisotopic (exact) mass is 265 g/mol. The van der Waals surface area contributed by atoms with E-state index in [2.05, 4.69) is 4.90 Å². The molecule has 2 aliphatic rings. The van der Waals surface area contributed by atoms with Gasteiger partial charge in [0.15, 0.2) is 0 Å².